The molecule has 144 valence electrons. The Hall–Kier alpha value is -3.08. The molecule has 5 heteroatoms. The number of carbonyl (C=O) groups excluding carboxylic acids is 1. The van der Waals surface area contributed by atoms with Crippen LogP contribution in [0.1, 0.15) is 53.6 Å². The van der Waals surface area contributed by atoms with Gasteiger partial charge in [0.05, 0.1) is 23.6 Å². The number of amides is 1. The van der Waals surface area contributed by atoms with Gasteiger partial charge in [0.2, 0.25) is 5.76 Å². The zero-order valence-electron chi connectivity index (χ0n) is 16.3. The molecule has 1 aliphatic heterocycles. The molecule has 0 radical (unpaired) electrons. The van der Waals surface area contributed by atoms with E-state index in [9.17, 15) is 9.59 Å². The van der Waals surface area contributed by atoms with Gasteiger partial charge < -0.3 is 14.1 Å². The number of benzene rings is 2. The zero-order chi connectivity index (χ0) is 19.8. The molecule has 1 atom stereocenters. The molecule has 0 saturated heterocycles. The largest absolute Gasteiger partial charge is 0.494 e. The van der Waals surface area contributed by atoms with E-state index in [1.54, 1.807) is 11.0 Å². The van der Waals surface area contributed by atoms with Crippen LogP contribution in [-0.4, -0.2) is 24.0 Å². The van der Waals surface area contributed by atoms with Crippen LogP contribution in [0.4, 0.5) is 0 Å². The molecule has 4 rings (SSSR count). The summed E-state index contributed by atoms with van der Waals surface area (Å²) in [4.78, 5) is 28.2. The highest BCUT2D eigenvalue weighted by atomic mass is 16.5. The third kappa shape index (κ3) is 2.87. The van der Waals surface area contributed by atoms with E-state index in [4.69, 9.17) is 9.15 Å². The number of hydrogen-bond donors (Lipinski definition) is 0. The van der Waals surface area contributed by atoms with Crippen molar-refractivity contribution in [3.05, 3.63) is 75.1 Å². The van der Waals surface area contributed by atoms with Crippen LogP contribution < -0.4 is 10.2 Å². The fourth-order valence-corrected chi connectivity index (χ4v) is 3.87. The summed E-state index contributed by atoms with van der Waals surface area (Å²) in [5, 5.41) is 0.515. The van der Waals surface area contributed by atoms with Crippen LogP contribution in [0, 0.1) is 6.92 Å². The van der Waals surface area contributed by atoms with Gasteiger partial charge in [-0.25, -0.2) is 0 Å². The van der Waals surface area contributed by atoms with E-state index in [-0.39, 0.29) is 17.1 Å². The topological polar surface area (TPSA) is 59.8 Å². The molecule has 2 aromatic carbocycles. The summed E-state index contributed by atoms with van der Waals surface area (Å²) in [6.07, 6.45) is 0.792. The quantitative estimate of drug-likeness (QED) is 0.659. The standard InChI is InChI=1S/C23H23NO4/c1-4-12-24-20(15-7-9-16(10-8-15)27-5-2)19-21(25)17-13-14(3)6-11-18(17)28-22(19)23(24)26/h6-11,13,20H,4-5,12H2,1-3H3/t20-/m1/s1. The minimum absolute atomic E-state index is 0.134. The molecule has 3 aromatic rings. The number of carbonyl (C=O) groups is 1. The second-order valence-electron chi connectivity index (χ2n) is 7.08. The fraction of sp³-hybridized carbons (Fsp3) is 0.304. The molecule has 1 amide bonds. The van der Waals surface area contributed by atoms with Crippen molar-refractivity contribution in [2.45, 2.75) is 33.2 Å². The predicted molar refractivity (Wildman–Crippen MR) is 108 cm³/mol. The summed E-state index contributed by atoms with van der Waals surface area (Å²) in [5.74, 6) is 0.697. The van der Waals surface area contributed by atoms with Crippen LogP contribution in [0.2, 0.25) is 0 Å². The van der Waals surface area contributed by atoms with Crippen molar-refractivity contribution in [3.63, 3.8) is 0 Å². The molecule has 0 spiro atoms. The van der Waals surface area contributed by atoms with Gasteiger partial charge in [-0.15, -0.1) is 0 Å². The maximum absolute atomic E-state index is 13.4. The van der Waals surface area contributed by atoms with Gasteiger partial charge in [0.1, 0.15) is 11.3 Å². The lowest BCUT2D eigenvalue weighted by atomic mass is 9.98. The third-order valence-electron chi connectivity index (χ3n) is 5.09. The molecular formula is C23H23NO4. The molecule has 0 N–H and O–H groups in total. The van der Waals surface area contributed by atoms with E-state index in [0.29, 0.717) is 29.7 Å². The number of hydrogen-bond acceptors (Lipinski definition) is 4. The van der Waals surface area contributed by atoms with Gasteiger partial charge in [0.25, 0.3) is 5.91 Å². The van der Waals surface area contributed by atoms with E-state index >= 15 is 0 Å². The summed E-state index contributed by atoms with van der Waals surface area (Å²) < 4.78 is 11.4. The minimum Gasteiger partial charge on any atom is -0.494 e. The van der Waals surface area contributed by atoms with Crippen molar-refractivity contribution in [2.75, 3.05) is 13.2 Å². The molecular weight excluding hydrogens is 354 g/mol. The van der Waals surface area contributed by atoms with Gasteiger partial charge in [-0.05, 0) is 50.1 Å². The van der Waals surface area contributed by atoms with E-state index in [1.807, 2.05) is 57.2 Å². The molecule has 0 saturated carbocycles. The molecule has 0 bridgehead atoms. The molecule has 1 aliphatic rings. The monoisotopic (exact) mass is 377 g/mol. The van der Waals surface area contributed by atoms with E-state index in [0.717, 1.165) is 23.3 Å². The Morgan fingerprint density at radius 3 is 2.50 bits per heavy atom. The normalized spacial score (nSPS) is 15.9. The third-order valence-corrected chi connectivity index (χ3v) is 5.09. The molecule has 0 aliphatic carbocycles. The average Bonchev–Trinajstić information content (AvgIpc) is 2.96. The van der Waals surface area contributed by atoms with E-state index in [1.165, 1.54) is 0 Å². The highest BCUT2D eigenvalue weighted by Gasteiger charge is 2.42. The van der Waals surface area contributed by atoms with Gasteiger partial charge >= 0.3 is 0 Å². The van der Waals surface area contributed by atoms with Crippen LogP contribution in [0.3, 0.4) is 0 Å². The molecule has 2 heterocycles. The summed E-state index contributed by atoms with van der Waals surface area (Å²) in [6, 6.07) is 12.6. The van der Waals surface area contributed by atoms with Crippen LogP contribution >= 0.6 is 0 Å². The number of nitrogens with zero attached hydrogens (tertiary/aromatic N) is 1. The van der Waals surface area contributed by atoms with E-state index < -0.39 is 6.04 Å². The lowest BCUT2D eigenvalue weighted by Crippen LogP contribution is -2.30. The second-order valence-corrected chi connectivity index (χ2v) is 7.08. The van der Waals surface area contributed by atoms with Crippen molar-refractivity contribution in [1.29, 1.82) is 0 Å². The van der Waals surface area contributed by atoms with Gasteiger partial charge in [0, 0.05) is 6.54 Å². The Kier molecular flexibility index (Phi) is 4.67. The Bertz CT molecular complexity index is 1100. The number of ether oxygens (including phenoxy) is 1. The van der Waals surface area contributed by atoms with Crippen molar-refractivity contribution in [1.82, 2.24) is 4.90 Å². The van der Waals surface area contributed by atoms with Gasteiger partial charge in [-0.3, -0.25) is 9.59 Å². The van der Waals surface area contributed by atoms with Gasteiger partial charge in [0.15, 0.2) is 5.43 Å². The highest BCUT2D eigenvalue weighted by Crippen LogP contribution is 2.38. The first kappa shape index (κ1) is 18.3. The first-order valence-electron chi connectivity index (χ1n) is 9.66. The molecule has 5 nitrogen and oxygen atoms in total. The molecule has 0 unspecified atom stereocenters. The summed E-state index contributed by atoms with van der Waals surface area (Å²) in [6.45, 7) is 7.02. The van der Waals surface area contributed by atoms with E-state index in [2.05, 4.69) is 0 Å². The van der Waals surface area contributed by atoms with Crippen molar-refractivity contribution >= 4 is 16.9 Å². The first-order valence-corrected chi connectivity index (χ1v) is 9.66. The first-order chi connectivity index (χ1) is 13.5. The van der Waals surface area contributed by atoms with Crippen molar-refractivity contribution in [3.8, 4) is 5.75 Å². The molecule has 0 fully saturated rings. The predicted octanol–water partition coefficient (Wildman–Crippen LogP) is 4.46. The van der Waals surface area contributed by atoms with Gasteiger partial charge in [-0.1, -0.05) is 30.7 Å². The van der Waals surface area contributed by atoms with Crippen molar-refractivity contribution < 1.29 is 13.9 Å². The van der Waals surface area contributed by atoms with Crippen LogP contribution in [-0.2, 0) is 0 Å². The number of rotatable bonds is 5. The molecule has 1 aromatic heterocycles. The lowest BCUT2D eigenvalue weighted by Gasteiger charge is -2.24. The minimum atomic E-state index is -0.445. The Morgan fingerprint density at radius 1 is 1.07 bits per heavy atom. The second kappa shape index (κ2) is 7.15. The molecule has 28 heavy (non-hydrogen) atoms. The zero-order valence-corrected chi connectivity index (χ0v) is 16.3. The van der Waals surface area contributed by atoms with Crippen LogP contribution in [0.5, 0.6) is 5.75 Å². The highest BCUT2D eigenvalue weighted by molar-refractivity contribution is 5.99. The smallest absolute Gasteiger partial charge is 0.290 e. The maximum Gasteiger partial charge on any atom is 0.290 e. The number of fused-ring (bicyclic) bond motifs is 2. The maximum atomic E-state index is 13.4. The van der Waals surface area contributed by atoms with Crippen LogP contribution in [0.15, 0.2) is 51.7 Å². The summed E-state index contributed by atoms with van der Waals surface area (Å²) in [7, 11) is 0. The number of aryl methyl sites for hydroxylation is 1. The summed E-state index contributed by atoms with van der Waals surface area (Å²) in [5.41, 5.74) is 2.61. The summed E-state index contributed by atoms with van der Waals surface area (Å²) >= 11 is 0. The SMILES string of the molecule is CCCN1C(=O)c2oc3ccc(C)cc3c(=O)c2[C@H]1c1ccc(OCC)cc1. The van der Waals surface area contributed by atoms with Crippen molar-refractivity contribution in [2.24, 2.45) is 0 Å². The van der Waals surface area contributed by atoms with Gasteiger partial charge in [-0.2, -0.15) is 0 Å². The fourth-order valence-electron chi connectivity index (χ4n) is 3.87. The lowest BCUT2D eigenvalue weighted by molar-refractivity contribution is 0.0728. The Morgan fingerprint density at radius 2 is 1.82 bits per heavy atom. The van der Waals surface area contributed by atoms with Crippen LogP contribution in [0.25, 0.3) is 11.0 Å². The average molecular weight is 377 g/mol. The Labute approximate surface area is 163 Å². The Balaban J connectivity index is 1.92.